The predicted octanol–water partition coefficient (Wildman–Crippen LogP) is 2.26. The number of carbonyl (C=O) groups is 1. The van der Waals surface area contributed by atoms with Gasteiger partial charge in [0.05, 0.1) is 6.42 Å². The summed E-state index contributed by atoms with van der Waals surface area (Å²) in [6, 6.07) is 10.4. The number of carbonyl (C=O) groups excluding carboxylic acids is 1. The van der Waals surface area contributed by atoms with Crippen molar-refractivity contribution in [3.8, 4) is 0 Å². The van der Waals surface area contributed by atoms with Crippen LogP contribution in [0.15, 0.2) is 35.7 Å². The molecule has 138 valence electrons. The summed E-state index contributed by atoms with van der Waals surface area (Å²) in [7, 11) is 0. The lowest BCUT2D eigenvalue weighted by Gasteiger charge is -2.36. The second-order valence-electron chi connectivity index (χ2n) is 6.39. The van der Waals surface area contributed by atoms with Crippen molar-refractivity contribution in [1.29, 1.82) is 0 Å². The van der Waals surface area contributed by atoms with E-state index in [-0.39, 0.29) is 5.91 Å². The molecule has 0 spiro atoms. The standard InChI is InChI=1S/C19H24N4OS2/c1-15-14-26-17(21-15)13-18(24)22-9-11-23(12-10-22)19(25)20-8-7-16-5-3-2-4-6-16/h2-6,14H,7-13H2,1H3,(H,20,25). The van der Waals surface area contributed by atoms with Crippen molar-refractivity contribution >= 4 is 34.6 Å². The molecule has 3 rings (SSSR count). The van der Waals surface area contributed by atoms with Crippen molar-refractivity contribution in [2.24, 2.45) is 0 Å². The predicted molar refractivity (Wildman–Crippen MR) is 109 cm³/mol. The average Bonchev–Trinajstić information content (AvgIpc) is 3.07. The molecule has 1 aliphatic heterocycles. The molecule has 0 radical (unpaired) electrons. The zero-order chi connectivity index (χ0) is 18.4. The lowest BCUT2D eigenvalue weighted by Crippen LogP contribution is -2.53. The monoisotopic (exact) mass is 388 g/mol. The molecule has 26 heavy (non-hydrogen) atoms. The molecule has 1 saturated heterocycles. The van der Waals surface area contributed by atoms with E-state index < -0.39 is 0 Å². The van der Waals surface area contributed by atoms with Crippen molar-refractivity contribution in [1.82, 2.24) is 20.1 Å². The SMILES string of the molecule is Cc1csc(CC(=O)N2CCN(C(=S)NCCc3ccccc3)CC2)n1. The molecular weight excluding hydrogens is 364 g/mol. The van der Waals surface area contributed by atoms with E-state index in [1.165, 1.54) is 5.56 Å². The van der Waals surface area contributed by atoms with E-state index in [4.69, 9.17) is 12.2 Å². The van der Waals surface area contributed by atoms with Gasteiger partial charge in [0.25, 0.3) is 0 Å². The topological polar surface area (TPSA) is 48.5 Å². The van der Waals surface area contributed by atoms with Crippen LogP contribution in [0.2, 0.25) is 0 Å². The average molecular weight is 389 g/mol. The number of aryl methyl sites for hydroxylation is 1. The normalized spacial score (nSPS) is 14.3. The van der Waals surface area contributed by atoms with Gasteiger partial charge in [0.15, 0.2) is 5.11 Å². The number of amides is 1. The molecule has 2 aromatic rings. The van der Waals surface area contributed by atoms with Crippen LogP contribution in [0.1, 0.15) is 16.3 Å². The molecule has 5 nitrogen and oxygen atoms in total. The van der Waals surface area contributed by atoms with Crippen molar-refractivity contribution in [3.63, 3.8) is 0 Å². The largest absolute Gasteiger partial charge is 0.362 e. The van der Waals surface area contributed by atoms with Gasteiger partial charge < -0.3 is 15.1 Å². The van der Waals surface area contributed by atoms with Crippen molar-refractivity contribution in [2.75, 3.05) is 32.7 Å². The van der Waals surface area contributed by atoms with Gasteiger partial charge in [-0.1, -0.05) is 30.3 Å². The maximum absolute atomic E-state index is 12.4. The number of aromatic nitrogens is 1. The summed E-state index contributed by atoms with van der Waals surface area (Å²) in [6.07, 6.45) is 1.35. The van der Waals surface area contributed by atoms with Crippen LogP contribution in [0.25, 0.3) is 0 Å². The maximum atomic E-state index is 12.4. The van der Waals surface area contributed by atoms with Gasteiger partial charge in [-0.2, -0.15) is 0 Å². The second kappa shape index (κ2) is 9.09. The summed E-state index contributed by atoms with van der Waals surface area (Å²) in [5.41, 5.74) is 2.28. The fraction of sp³-hybridized carbons (Fsp3) is 0.421. The van der Waals surface area contributed by atoms with Gasteiger partial charge in [0.2, 0.25) is 5.91 Å². The van der Waals surface area contributed by atoms with Crippen LogP contribution < -0.4 is 5.32 Å². The third-order valence-electron chi connectivity index (χ3n) is 4.42. The Labute approximate surface area is 164 Å². The fourth-order valence-corrected chi connectivity index (χ4v) is 4.00. The molecule has 1 aromatic heterocycles. The van der Waals surface area contributed by atoms with Crippen LogP contribution in [0.3, 0.4) is 0 Å². The van der Waals surface area contributed by atoms with E-state index in [9.17, 15) is 4.79 Å². The smallest absolute Gasteiger partial charge is 0.229 e. The number of rotatable bonds is 5. The minimum absolute atomic E-state index is 0.155. The molecule has 1 N–H and O–H groups in total. The van der Waals surface area contributed by atoms with Crippen LogP contribution >= 0.6 is 23.6 Å². The van der Waals surface area contributed by atoms with Gasteiger partial charge >= 0.3 is 0 Å². The van der Waals surface area contributed by atoms with E-state index in [1.54, 1.807) is 11.3 Å². The minimum atomic E-state index is 0.155. The van der Waals surface area contributed by atoms with Crippen LogP contribution in [-0.2, 0) is 17.6 Å². The first-order valence-corrected chi connectivity index (χ1v) is 10.2. The number of nitrogens with zero attached hydrogens (tertiary/aromatic N) is 3. The number of piperazine rings is 1. The fourth-order valence-electron chi connectivity index (χ4n) is 2.95. The third kappa shape index (κ3) is 5.25. The van der Waals surface area contributed by atoms with Crippen LogP contribution in [0, 0.1) is 6.92 Å². The van der Waals surface area contributed by atoms with Crippen LogP contribution in [-0.4, -0.2) is 58.5 Å². The highest BCUT2D eigenvalue weighted by atomic mass is 32.1. The molecule has 0 atom stereocenters. The number of benzene rings is 1. The molecule has 0 aliphatic carbocycles. The van der Waals surface area contributed by atoms with Gasteiger partial charge in [0.1, 0.15) is 5.01 Å². The first kappa shape index (κ1) is 18.8. The molecule has 0 saturated carbocycles. The molecule has 1 aliphatic rings. The van der Waals surface area contributed by atoms with Gasteiger partial charge in [-0.25, -0.2) is 4.98 Å². The lowest BCUT2D eigenvalue weighted by atomic mass is 10.1. The summed E-state index contributed by atoms with van der Waals surface area (Å²) < 4.78 is 0. The highest BCUT2D eigenvalue weighted by Gasteiger charge is 2.23. The highest BCUT2D eigenvalue weighted by Crippen LogP contribution is 2.12. The van der Waals surface area contributed by atoms with Crippen molar-refractivity contribution < 1.29 is 4.79 Å². The number of thiocarbonyl (C=S) groups is 1. The molecule has 0 unspecified atom stereocenters. The van der Waals surface area contributed by atoms with Crippen LogP contribution in [0.5, 0.6) is 0 Å². The highest BCUT2D eigenvalue weighted by molar-refractivity contribution is 7.80. The summed E-state index contributed by atoms with van der Waals surface area (Å²) >= 11 is 7.06. The Bertz CT molecular complexity index is 739. The zero-order valence-corrected chi connectivity index (χ0v) is 16.6. The molecule has 7 heteroatoms. The number of hydrogen-bond donors (Lipinski definition) is 1. The van der Waals surface area contributed by atoms with E-state index in [1.807, 2.05) is 23.3 Å². The zero-order valence-electron chi connectivity index (χ0n) is 15.0. The number of nitrogens with one attached hydrogen (secondary N) is 1. The Morgan fingerprint density at radius 2 is 1.88 bits per heavy atom. The number of thiazole rings is 1. The van der Waals surface area contributed by atoms with Crippen molar-refractivity contribution in [3.05, 3.63) is 52.0 Å². The summed E-state index contributed by atoms with van der Waals surface area (Å²) in [4.78, 5) is 20.9. The Kier molecular flexibility index (Phi) is 6.57. The molecule has 1 amide bonds. The Morgan fingerprint density at radius 3 is 2.54 bits per heavy atom. The van der Waals surface area contributed by atoms with Gasteiger partial charge in [-0.05, 0) is 31.1 Å². The Balaban J connectivity index is 1.38. The second-order valence-corrected chi connectivity index (χ2v) is 7.72. The summed E-state index contributed by atoms with van der Waals surface area (Å²) in [5, 5.41) is 7.00. The maximum Gasteiger partial charge on any atom is 0.229 e. The number of hydrogen-bond acceptors (Lipinski definition) is 4. The van der Waals surface area contributed by atoms with E-state index in [0.29, 0.717) is 19.5 Å². The molecular formula is C19H24N4OS2. The lowest BCUT2D eigenvalue weighted by molar-refractivity contribution is -0.131. The minimum Gasteiger partial charge on any atom is -0.362 e. The van der Waals surface area contributed by atoms with Gasteiger partial charge in [0, 0.05) is 43.8 Å². The van der Waals surface area contributed by atoms with Gasteiger partial charge in [-0.15, -0.1) is 11.3 Å². The Hall–Kier alpha value is -1.99. The molecule has 2 heterocycles. The first-order valence-electron chi connectivity index (χ1n) is 8.87. The van der Waals surface area contributed by atoms with E-state index in [2.05, 4.69) is 39.5 Å². The van der Waals surface area contributed by atoms with E-state index in [0.717, 1.165) is 41.9 Å². The Morgan fingerprint density at radius 1 is 1.19 bits per heavy atom. The molecule has 1 aromatic carbocycles. The molecule has 1 fully saturated rings. The summed E-state index contributed by atoms with van der Waals surface area (Å²) in [6.45, 7) is 5.76. The first-order chi connectivity index (χ1) is 12.6. The third-order valence-corrected chi connectivity index (χ3v) is 5.79. The van der Waals surface area contributed by atoms with Gasteiger partial charge in [-0.3, -0.25) is 4.79 Å². The summed E-state index contributed by atoms with van der Waals surface area (Å²) in [5.74, 6) is 0.155. The van der Waals surface area contributed by atoms with Crippen molar-refractivity contribution in [2.45, 2.75) is 19.8 Å². The van der Waals surface area contributed by atoms with Crippen LogP contribution in [0.4, 0.5) is 0 Å². The van der Waals surface area contributed by atoms with E-state index >= 15 is 0 Å². The molecule has 0 bridgehead atoms. The quantitative estimate of drug-likeness (QED) is 0.796.